The summed E-state index contributed by atoms with van der Waals surface area (Å²) in [6, 6.07) is 5.66. The van der Waals surface area contributed by atoms with E-state index in [9.17, 15) is 4.79 Å². The standard InChI is InChI=1S/C12H15NO5.C3H6O/c1-8(7-17-2)18-13-11(12(15)16)9-3-5-10(14)6-4-9;4-3-1-2-3/h3-6,8,14H,7H2,1-2H3,(H,15,16);3-4H,1-2H2/b13-11+;. The molecule has 1 fully saturated rings. The first-order chi connectivity index (χ1) is 10.4. The zero-order valence-electron chi connectivity index (χ0n) is 12.6. The highest BCUT2D eigenvalue weighted by molar-refractivity contribution is 6.42. The van der Waals surface area contributed by atoms with E-state index in [2.05, 4.69) is 5.16 Å². The second-order valence-corrected chi connectivity index (χ2v) is 4.89. The zero-order valence-corrected chi connectivity index (χ0v) is 12.6. The number of aromatic hydroxyl groups is 1. The summed E-state index contributed by atoms with van der Waals surface area (Å²) in [6.07, 6.45) is 1.82. The van der Waals surface area contributed by atoms with E-state index in [-0.39, 0.29) is 23.7 Å². The second-order valence-electron chi connectivity index (χ2n) is 4.89. The minimum atomic E-state index is -1.20. The van der Waals surface area contributed by atoms with Gasteiger partial charge in [0.15, 0.2) is 5.71 Å². The molecule has 0 radical (unpaired) electrons. The van der Waals surface area contributed by atoms with Crippen molar-refractivity contribution in [1.82, 2.24) is 0 Å². The summed E-state index contributed by atoms with van der Waals surface area (Å²) in [6.45, 7) is 2.02. The summed E-state index contributed by atoms with van der Waals surface area (Å²) in [5.41, 5.74) is 0.128. The number of hydrogen-bond donors (Lipinski definition) is 3. The first-order valence-electron chi connectivity index (χ1n) is 6.87. The number of carboxylic acid groups (broad SMARTS) is 1. The van der Waals surface area contributed by atoms with E-state index in [1.165, 1.54) is 31.4 Å². The summed E-state index contributed by atoms with van der Waals surface area (Å²) in [4.78, 5) is 16.1. The monoisotopic (exact) mass is 311 g/mol. The van der Waals surface area contributed by atoms with Crippen LogP contribution in [0, 0.1) is 0 Å². The van der Waals surface area contributed by atoms with Gasteiger partial charge in [0.2, 0.25) is 0 Å². The van der Waals surface area contributed by atoms with Crippen molar-refractivity contribution in [3.8, 4) is 5.75 Å². The smallest absolute Gasteiger partial charge is 0.358 e. The SMILES string of the molecule is COCC(C)O/N=C(/C(=O)O)c1ccc(O)cc1.OC1CC1. The first kappa shape index (κ1) is 17.9. The lowest BCUT2D eigenvalue weighted by Gasteiger charge is -2.09. The Morgan fingerprint density at radius 1 is 1.36 bits per heavy atom. The van der Waals surface area contributed by atoms with Crippen molar-refractivity contribution < 1.29 is 29.7 Å². The Morgan fingerprint density at radius 3 is 2.32 bits per heavy atom. The number of phenols is 1. The Bertz CT molecular complexity index is 495. The van der Waals surface area contributed by atoms with Crippen LogP contribution in [0.25, 0.3) is 0 Å². The Labute approximate surface area is 128 Å². The second kappa shape index (κ2) is 9.01. The van der Waals surface area contributed by atoms with E-state index in [1.54, 1.807) is 6.92 Å². The molecule has 7 heteroatoms. The molecule has 2 rings (SSSR count). The van der Waals surface area contributed by atoms with Crippen molar-refractivity contribution >= 4 is 11.7 Å². The number of oxime groups is 1. The van der Waals surface area contributed by atoms with E-state index in [1.807, 2.05) is 0 Å². The molecule has 1 aromatic rings. The topological polar surface area (TPSA) is 109 Å². The van der Waals surface area contributed by atoms with Crippen molar-refractivity contribution in [3.05, 3.63) is 29.8 Å². The predicted molar refractivity (Wildman–Crippen MR) is 79.9 cm³/mol. The normalized spacial score (nSPS) is 15.5. The lowest BCUT2D eigenvalue weighted by molar-refractivity contribution is -0.129. The van der Waals surface area contributed by atoms with Crippen LogP contribution < -0.4 is 0 Å². The summed E-state index contributed by atoms with van der Waals surface area (Å²) >= 11 is 0. The van der Waals surface area contributed by atoms with E-state index in [4.69, 9.17) is 24.9 Å². The molecule has 22 heavy (non-hydrogen) atoms. The molecule has 0 aliphatic heterocycles. The van der Waals surface area contributed by atoms with Crippen LogP contribution in [0.3, 0.4) is 0 Å². The average Bonchev–Trinajstić information content (AvgIpc) is 3.24. The van der Waals surface area contributed by atoms with Gasteiger partial charge in [-0.2, -0.15) is 0 Å². The van der Waals surface area contributed by atoms with Crippen LogP contribution in [0.5, 0.6) is 5.75 Å². The van der Waals surface area contributed by atoms with Gasteiger partial charge in [-0.05, 0) is 44.0 Å². The molecule has 0 spiro atoms. The minimum absolute atomic E-state index is 0.0529. The molecule has 122 valence electrons. The average molecular weight is 311 g/mol. The van der Waals surface area contributed by atoms with Gasteiger partial charge in [-0.25, -0.2) is 4.79 Å². The highest BCUT2D eigenvalue weighted by Crippen LogP contribution is 2.17. The summed E-state index contributed by atoms with van der Waals surface area (Å²) < 4.78 is 4.84. The van der Waals surface area contributed by atoms with Gasteiger partial charge in [-0.15, -0.1) is 0 Å². The number of ether oxygens (including phenoxy) is 1. The number of carbonyl (C=O) groups is 1. The molecule has 1 aliphatic rings. The number of methoxy groups -OCH3 is 1. The number of nitrogens with zero attached hydrogens (tertiary/aromatic N) is 1. The van der Waals surface area contributed by atoms with Gasteiger partial charge in [-0.1, -0.05) is 5.16 Å². The number of hydrogen-bond acceptors (Lipinski definition) is 6. The molecule has 1 unspecified atom stereocenters. The Hall–Kier alpha value is -2.12. The van der Waals surface area contributed by atoms with Gasteiger partial charge in [0.1, 0.15) is 11.9 Å². The van der Waals surface area contributed by atoms with E-state index in [0.29, 0.717) is 12.2 Å². The number of carboxylic acids is 1. The Morgan fingerprint density at radius 2 is 1.91 bits per heavy atom. The maximum atomic E-state index is 11.1. The molecule has 3 N–H and O–H groups in total. The van der Waals surface area contributed by atoms with Crippen molar-refractivity contribution in [1.29, 1.82) is 0 Å². The Kier molecular flexibility index (Phi) is 7.34. The number of aliphatic hydroxyl groups is 1. The number of rotatable bonds is 6. The fraction of sp³-hybridized carbons (Fsp3) is 0.467. The van der Waals surface area contributed by atoms with Gasteiger partial charge < -0.3 is 24.9 Å². The lowest BCUT2D eigenvalue weighted by Crippen LogP contribution is -2.18. The van der Waals surface area contributed by atoms with Gasteiger partial charge >= 0.3 is 5.97 Å². The number of aliphatic hydroxyl groups excluding tert-OH is 1. The van der Waals surface area contributed by atoms with Gasteiger partial charge in [0.05, 0.1) is 12.7 Å². The van der Waals surface area contributed by atoms with Gasteiger partial charge in [-0.3, -0.25) is 0 Å². The van der Waals surface area contributed by atoms with E-state index < -0.39 is 5.97 Å². The molecule has 1 aromatic carbocycles. The molecule has 0 aromatic heterocycles. The predicted octanol–water partition coefficient (Wildman–Crippen LogP) is 1.37. The number of benzene rings is 1. The summed E-state index contributed by atoms with van der Waals surface area (Å²) in [5, 5.41) is 29.9. The molecule has 1 aliphatic carbocycles. The van der Waals surface area contributed by atoms with E-state index in [0.717, 1.165) is 12.8 Å². The number of aliphatic carboxylic acids is 1. The molecule has 1 atom stereocenters. The molecule has 0 heterocycles. The van der Waals surface area contributed by atoms with Crippen LogP contribution in [0.1, 0.15) is 25.3 Å². The van der Waals surface area contributed by atoms with Gasteiger partial charge in [0, 0.05) is 12.7 Å². The number of phenolic OH excluding ortho intramolecular Hbond substituents is 1. The first-order valence-corrected chi connectivity index (χ1v) is 6.87. The third-order valence-corrected chi connectivity index (χ3v) is 2.62. The van der Waals surface area contributed by atoms with Crippen LogP contribution >= 0.6 is 0 Å². The molecule has 7 nitrogen and oxygen atoms in total. The molecule has 0 bridgehead atoms. The van der Waals surface area contributed by atoms with Crippen LogP contribution in [0.4, 0.5) is 0 Å². The summed E-state index contributed by atoms with van der Waals surface area (Å²) in [7, 11) is 1.52. The third-order valence-electron chi connectivity index (χ3n) is 2.62. The van der Waals surface area contributed by atoms with Crippen LogP contribution in [-0.4, -0.2) is 52.9 Å². The van der Waals surface area contributed by atoms with Crippen LogP contribution in [-0.2, 0) is 14.4 Å². The molecule has 0 amide bonds. The molecule has 0 saturated heterocycles. The fourth-order valence-electron chi connectivity index (χ4n) is 1.32. The van der Waals surface area contributed by atoms with Crippen LogP contribution in [0.2, 0.25) is 0 Å². The maximum Gasteiger partial charge on any atom is 0.358 e. The third kappa shape index (κ3) is 7.05. The molecular weight excluding hydrogens is 290 g/mol. The zero-order chi connectivity index (χ0) is 16.5. The highest BCUT2D eigenvalue weighted by Gasteiger charge is 2.15. The maximum absolute atomic E-state index is 11.1. The minimum Gasteiger partial charge on any atom is -0.508 e. The largest absolute Gasteiger partial charge is 0.508 e. The van der Waals surface area contributed by atoms with Crippen LogP contribution in [0.15, 0.2) is 29.4 Å². The van der Waals surface area contributed by atoms with Crippen molar-refractivity contribution in [2.24, 2.45) is 5.16 Å². The van der Waals surface area contributed by atoms with Crippen molar-refractivity contribution in [2.45, 2.75) is 32.0 Å². The quantitative estimate of drug-likeness (QED) is 0.541. The lowest BCUT2D eigenvalue weighted by atomic mass is 10.1. The summed E-state index contributed by atoms with van der Waals surface area (Å²) in [5.74, 6) is -1.15. The molecular formula is C15H21NO6. The van der Waals surface area contributed by atoms with Gasteiger partial charge in [0.25, 0.3) is 0 Å². The molecule has 1 saturated carbocycles. The van der Waals surface area contributed by atoms with Crippen molar-refractivity contribution in [3.63, 3.8) is 0 Å². The Balaban J connectivity index is 0.000000519. The highest BCUT2D eigenvalue weighted by atomic mass is 16.6. The van der Waals surface area contributed by atoms with E-state index >= 15 is 0 Å². The van der Waals surface area contributed by atoms with Crippen molar-refractivity contribution in [2.75, 3.05) is 13.7 Å². The fourth-order valence-corrected chi connectivity index (χ4v) is 1.32.